The summed E-state index contributed by atoms with van der Waals surface area (Å²) in [6, 6.07) is 10.2. The first-order valence-electron chi connectivity index (χ1n) is 7.88. The molecule has 21 heavy (non-hydrogen) atoms. The summed E-state index contributed by atoms with van der Waals surface area (Å²) in [6.07, 6.45) is 4.25. The third kappa shape index (κ3) is 7.58. The van der Waals surface area contributed by atoms with E-state index >= 15 is 0 Å². The molecule has 0 N–H and O–H groups in total. The average Bonchev–Trinajstić information content (AvgIpc) is 2.55. The van der Waals surface area contributed by atoms with Crippen LogP contribution in [0.2, 0.25) is 0 Å². The van der Waals surface area contributed by atoms with Gasteiger partial charge in [-0.05, 0) is 31.2 Å². The molecule has 0 spiro atoms. The van der Waals surface area contributed by atoms with Gasteiger partial charge in [0.05, 0.1) is 19.8 Å². The average molecular weight is 294 g/mol. The van der Waals surface area contributed by atoms with Crippen molar-refractivity contribution in [3.63, 3.8) is 0 Å². The Morgan fingerprint density at radius 2 is 1.81 bits per heavy atom. The molecule has 1 heterocycles. The Kier molecular flexibility index (Phi) is 8.40. The van der Waals surface area contributed by atoms with Crippen LogP contribution in [0.5, 0.6) is 0 Å². The Morgan fingerprint density at radius 1 is 0.952 bits per heavy atom. The fourth-order valence-corrected chi connectivity index (χ4v) is 2.21. The standard InChI is InChI=1S/C17H26O4/c1-2-7-16(8-3-1)15-19-11-6-10-18-13-14-21-17-9-4-5-12-20-17/h1-3,7-8,17H,4-6,9-15H2. The molecule has 1 fully saturated rings. The molecule has 0 saturated carbocycles. The van der Waals surface area contributed by atoms with E-state index in [2.05, 4.69) is 12.1 Å². The van der Waals surface area contributed by atoms with Crippen molar-refractivity contribution in [2.75, 3.05) is 33.0 Å². The summed E-state index contributed by atoms with van der Waals surface area (Å²) >= 11 is 0. The van der Waals surface area contributed by atoms with Gasteiger partial charge < -0.3 is 18.9 Å². The predicted molar refractivity (Wildman–Crippen MR) is 81.1 cm³/mol. The zero-order valence-corrected chi connectivity index (χ0v) is 12.7. The Labute approximate surface area is 127 Å². The first-order chi connectivity index (χ1) is 10.4. The normalized spacial score (nSPS) is 18.8. The molecule has 0 amide bonds. The largest absolute Gasteiger partial charge is 0.379 e. The molecule has 1 aromatic carbocycles. The van der Waals surface area contributed by atoms with Gasteiger partial charge in [0, 0.05) is 19.8 Å². The lowest BCUT2D eigenvalue weighted by Crippen LogP contribution is -2.24. The number of ether oxygens (including phenoxy) is 4. The van der Waals surface area contributed by atoms with Gasteiger partial charge in [-0.2, -0.15) is 0 Å². The monoisotopic (exact) mass is 294 g/mol. The lowest BCUT2D eigenvalue weighted by Gasteiger charge is -2.22. The van der Waals surface area contributed by atoms with Crippen molar-refractivity contribution >= 4 is 0 Å². The highest BCUT2D eigenvalue weighted by Crippen LogP contribution is 2.13. The summed E-state index contributed by atoms with van der Waals surface area (Å²) in [6.45, 7) is 4.16. The van der Waals surface area contributed by atoms with E-state index in [0.29, 0.717) is 26.4 Å². The summed E-state index contributed by atoms with van der Waals surface area (Å²) in [7, 11) is 0. The van der Waals surface area contributed by atoms with E-state index in [-0.39, 0.29) is 6.29 Å². The van der Waals surface area contributed by atoms with E-state index in [4.69, 9.17) is 18.9 Å². The summed E-state index contributed by atoms with van der Waals surface area (Å²) in [5.41, 5.74) is 1.21. The molecule has 0 radical (unpaired) electrons. The predicted octanol–water partition coefficient (Wildman–Crippen LogP) is 3.15. The molecule has 1 atom stereocenters. The Bertz CT molecular complexity index is 349. The quantitative estimate of drug-likeness (QED) is 0.621. The van der Waals surface area contributed by atoms with Gasteiger partial charge in [0.1, 0.15) is 0 Å². The second-order valence-electron chi connectivity index (χ2n) is 5.17. The van der Waals surface area contributed by atoms with Gasteiger partial charge in [-0.15, -0.1) is 0 Å². The summed E-state index contributed by atoms with van der Waals surface area (Å²) in [5, 5.41) is 0. The third-order valence-electron chi connectivity index (χ3n) is 3.36. The summed E-state index contributed by atoms with van der Waals surface area (Å²) in [4.78, 5) is 0. The Balaban J connectivity index is 1.35. The summed E-state index contributed by atoms with van der Waals surface area (Å²) < 4.78 is 22.2. The first-order valence-corrected chi connectivity index (χ1v) is 7.88. The highest BCUT2D eigenvalue weighted by molar-refractivity contribution is 5.13. The van der Waals surface area contributed by atoms with Crippen LogP contribution in [0.1, 0.15) is 31.2 Å². The van der Waals surface area contributed by atoms with Crippen molar-refractivity contribution in [1.82, 2.24) is 0 Å². The molecule has 0 aromatic heterocycles. The van der Waals surface area contributed by atoms with Gasteiger partial charge in [-0.3, -0.25) is 0 Å². The second kappa shape index (κ2) is 10.7. The molecular formula is C17H26O4. The van der Waals surface area contributed by atoms with E-state index < -0.39 is 0 Å². The number of hydrogen-bond acceptors (Lipinski definition) is 4. The Hall–Kier alpha value is -0.940. The maximum Gasteiger partial charge on any atom is 0.157 e. The van der Waals surface area contributed by atoms with Crippen LogP contribution in [-0.4, -0.2) is 39.3 Å². The molecule has 1 saturated heterocycles. The molecule has 0 aliphatic carbocycles. The zero-order chi connectivity index (χ0) is 14.6. The fraction of sp³-hybridized carbons (Fsp3) is 0.647. The first kappa shape index (κ1) is 16.4. The molecule has 1 aliphatic rings. The Morgan fingerprint density at radius 3 is 2.62 bits per heavy atom. The van der Waals surface area contributed by atoms with Gasteiger partial charge in [-0.1, -0.05) is 30.3 Å². The molecule has 118 valence electrons. The molecule has 4 heteroatoms. The molecule has 0 bridgehead atoms. The maximum absolute atomic E-state index is 5.59. The minimum Gasteiger partial charge on any atom is -0.379 e. The second-order valence-corrected chi connectivity index (χ2v) is 5.17. The fourth-order valence-electron chi connectivity index (χ4n) is 2.21. The highest BCUT2D eigenvalue weighted by atomic mass is 16.7. The molecule has 1 unspecified atom stereocenters. The third-order valence-corrected chi connectivity index (χ3v) is 3.36. The maximum atomic E-state index is 5.59. The van der Waals surface area contributed by atoms with Crippen LogP contribution in [0.4, 0.5) is 0 Å². The van der Waals surface area contributed by atoms with E-state index in [1.54, 1.807) is 0 Å². The van der Waals surface area contributed by atoms with Crippen molar-refractivity contribution in [1.29, 1.82) is 0 Å². The topological polar surface area (TPSA) is 36.9 Å². The minimum absolute atomic E-state index is 0.0171. The van der Waals surface area contributed by atoms with Crippen LogP contribution in [0, 0.1) is 0 Å². The van der Waals surface area contributed by atoms with E-state index in [0.717, 1.165) is 32.5 Å². The van der Waals surface area contributed by atoms with Gasteiger partial charge in [-0.25, -0.2) is 0 Å². The van der Waals surface area contributed by atoms with E-state index in [9.17, 15) is 0 Å². The lowest BCUT2D eigenvalue weighted by atomic mass is 10.2. The molecule has 1 aromatic rings. The van der Waals surface area contributed by atoms with Crippen LogP contribution in [0.25, 0.3) is 0 Å². The SMILES string of the molecule is c1ccc(COCCCOCCOC2CCCCO2)cc1. The van der Waals surface area contributed by atoms with Gasteiger partial charge in [0.25, 0.3) is 0 Å². The lowest BCUT2D eigenvalue weighted by molar-refractivity contribution is -0.169. The van der Waals surface area contributed by atoms with Crippen LogP contribution < -0.4 is 0 Å². The van der Waals surface area contributed by atoms with Gasteiger partial charge in [0.15, 0.2) is 6.29 Å². The van der Waals surface area contributed by atoms with Crippen LogP contribution in [-0.2, 0) is 25.6 Å². The van der Waals surface area contributed by atoms with Crippen molar-refractivity contribution in [2.24, 2.45) is 0 Å². The molecule has 1 aliphatic heterocycles. The van der Waals surface area contributed by atoms with E-state index in [1.807, 2.05) is 18.2 Å². The molecule has 2 rings (SSSR count). The van der Waals surface area contributed by atoms with Crippen molar-refractivity contribution in [3.05, 3.63) is 35.9 Å². The van der Waals surface area contributed by atoms with Crippen molar-refractivity contribution < 1.29 is 18.9 Å². The van der Waals surface area contributed by atoms with Gasteiger partial charge >= 0.3 is 0 Å². The molecule has 4 nitrogen and oxygen atoms in total. The van der Waals surface area contributed by atoms with E-state index in [1.165, 1.54) is 12.0 Å². The minimum atomic E-state index is -0.0171. The molecular weight excluding hydrogens is 268 g/mol. The number of rotatable bonds is 10. The number of benzene rings is 1. The smallest absolute Gasteiger partial charge is 0.157 e. The van der Waals surface area contributed by atoms with Crippen molar-refractivity contribution in [2.45, 2.75) is 38.6 Å². The van der Waals surface area contributed by atoms with Crippen LogP contribution in [0.15, 0.2) is 30.3 Å². The summed E-state index contributed by atoms with van der Waals surface area (Å²) in [5.74, 6) is 0. The van der Waals surface area contributed by atoms with Crippen LogP contribution >= 0.6 is 0 Å². The van der Waals surface area contributed by atoms with Crippen LogP contribution in [0.3, 0.4) is 0 Å². The zero-order valence-electron chi connectivity index (χ0n) is 12.7. The van der Waals surface area contributed by atoms with Crippen molar-refractivity contribution in [3.8, 4) is 0 Å². The van der Waals surface area contributed by atoms with Gasteiger partial charge in [0.2, 0.25) is 0 Å². The highest BCUT2D eigenvalue weighted by Gasteiger charge is 2.13. The number of hydrogen-bond donors (Lipinski definition) is 0.